The van der Waals surface area contributed by atoms with E-state index in [1.807, 2.05) is 45.2 Å². The van der Waals surface area contributed by atoms with Gasteiger partial charge in [0.2, 0.25) is 5.91 Å². The van der Waals surface area contributed by atoms with Gasteiger partial charge in [0.25, 0.3) is 0 Å². The van der Waals surface area contributed by atoms with Crippen molar-refractivity contribution in [3.8, 4) is 11.1 Å². The molecule has 6 heteroatoms. The minimum Gasteiger partial charge on any atom is -0.447 e. The van der Waals surface area contributed by atoms with Gasteiger partial charge >= 0.3 is 6.09 Å². The van der Waals surface area contributed by atoms with Crippen molar-refractivity contribution in [3.05, 3.63) is 54.2 Å². The molecule has 0 saturated carbocycles. The first-order valence-corrected chi connectivity index (χ1v) is 10.3. The molecule has 0 saturated heterocycles. The van der Waals surface area contributed by atoms with E-state index in [1.165, 1.54) is 0 Å². The highest BCUT2D eigenvalue weighted by atomic mass is 16.6. The van der Waals surface area contributed by atoms with Crippen LogP contribution in [0.1, 0.15) is 45.7 Å². The summed E-state index contributed by atoms with van der Waals surface area (Å²) in [5, 5.41) is 4.15. The molecule has 0 unspecified atom stereocenters. The highest BCUT2D eigenvalue weighted by Crippen LogP contribution is 2.40. The Morgan fingerprint density at radius 2 is 1.87 bits per heavy atom. The van der Waals surface area contributed by atoms with E-state index < -0.39 is 6.09 Å². The van der Waals surface area contributed by atoms with Crippen LogP contribution < -0.4 is 10.2 Å². The first-order valence-electron chi connectivity index (χ1n) is 10.3. The Bertz CT molecular complexity index is 1100. The molecule has 0 radical (unpaired) electrons. The molecule has 0 aliphatic carbocycles. The van der Waals surface area contributed by atoms with Crippen LogP contribution in [-0.2, 0) is 9.53 Å². The largest absolute Gasteiger partial charge is 0.447 e. The first-order chi connectivity index (χ1) is 14.3. The third-order valence-electron chi connectivity index (χ3n) is 5.54. The number of hydrogen-bond acceptors (Lipinski definition) is 3. The second kappa shape index (κ2) is 7.86. The molecule has 2 aromatic carbocycles. The fraction of sp³-hybridized carbons (Fsp3) is 0.333. The Labute approximate surface area is 176 Å². The SMILES string of the molecule is CC(=O)N1c2ccc(-c3ccc4cc[nH]c4c3)cc2[C@H](NC(=O)OC(C)C)C[C@@H]1C. The summed E-state index contributed by atoms with van der Waals surface area (Å²) in [4.78, 5) is 29.7. The number of nitrogens with one attached hydrogen (secondary N) is 2. The second-order valence-electron chi connectivity index (χ2n) is 8.18. The molecule has 1 aliphatic rings. The summed E-state index contributed by atoms with van der Waals surface area (Å²) < 4.78 is 5.30. The molecule has 2 N–H and O–H groups in total. The Kier molecular flexibility index (Phi) is 5.24. The number of anilines is 1. The number of rotatable bonds is 3. The van der Waals surface area contributed by atoms with E-state index in [1.54, 1.807) is 11.8 Å². The van der Waals surface area contributed by atoms with Gasteiger partial charge in [0.15, 0.2) is 0 Å². The molecule has 30 heavy (non-hydrogen) atoms. The summed E-state index contributed by atoms with van der Waals surface area (Å²) >= 11 is 0. The number of aromatic amines is 1. The fourth-order valence-corrected chi connectivity index (χ4v) is 4.28. The molecular weight excluding hydrogens is 378 g/mol. The quantitative estimate of drug-likeness (QED) is 0.632. The van der Waals surface area contributed by atoms with E-state index in [0.717, 1.165) is 33.3 Å². The molecule has 0 bridgehead atoms. The molecule has 1 aromatic heterocycles. The lowest BCUT2D eigenvalue weighted by molar-refractivity contribution is -0.117. The van der Waals surface area contributed by atoms with Crippen LogP contribution in [0.4, 0.5) is 10.5 Å². The molecular formula is C24H27N3O3. The molecule has 4 rings (SSSR count). The smallest absolute Gasteiger partial charge is 0.407 e. The molecule has 6 nitrogen and oxygen atoms in total. The zero-order chi connectivity index (χ0) is 21.4. The number of carbonyl (C=O) groups is 2. The first kappa shape index (κ1) is 20.0. The highest BCUT2D eigenvalue weighted by molar-refractivity contribution is 5.94. The summed E-state index contributed by atoms with van der Waals surface area (Å²) in [5.41, 5.74) is 4.94. The van der Waals surface area contributed by atoms with Crippen LogP contribution in [0.25, 0.3) is 22.0 Å². The Morgan fingerprint density at radius 1 is 1.13 bits per heavy atom. The lowest BCUT2D eigenvalue weighted by atomic mass is 9.89. The standard InChI is InChI=1S/C24H27N3O3/c1-14(2)30-24(29)26-22-11-15(3)27(16(4)28)23-8-7-18(12-20(22)23)19-6-5-17-9-10-25-21(17)13-19/h5-10,12-15,22,25H,11H2,1-4H3,(H,26,29)/t15-,22+/m0/s1. The van der Waals surface area contributed by atoms with E-state index in [-0.39, 0.29) is 24.1 Å². The maximum Gasteiger partial charge on any atom is 0.407 e. The Morgan fingerprint density at radius 3 is 2.60 bits per heavy atom. The number of fused-ring (bicyclic) bond motifs is 2. The van der Waals surface area contributed by atoms with Gasteiger partial charge in [0, 0.05) is 30.4 Å². The van der Waals surface area contributed by atoms with Gasteiger partial charge in [-0.05, 0) is 73.5 Å². The van der Waals surface area contributed by atoms with Crippen molar-refractivity contribution in [2.24, 2.45) is 0 Å². The minimum absolute atomic E-state index is 0.00693. The number of hydrogen-bond donors (Lipinski definition) is 2. The van der Waals surface area contributed by atoms with Crippen LogP contribution in [0.15, 0.2) is 48.7 Å². The van der Waals surface area contributed by atoms with Gasteiger partial charge in [0.05, 0.1) is 12.1 Å². The summed E-state index contributed by atoms with van der Waals surface area (Å²) in [6, 6.07) is 14.1. The third kappa shape index (κ3) is 3.77. The van der Waals surface area contributed by atoms with Crippen LogP contribution in [0.5, 0.6) is 0 Å². The van der Waals surface area contributed by atoms with E-state index >= 15 is 0 Å². The minimum atomic E-state index is -0.442. The van der Waals surface area contributed by atoms with Gasteiger partial charge in [-0.1, -0.05) is 18.2 Å². The van der Waals surface area contributed by atoms with Gasteiger partial charge in [-0.15, -0.1) is 0 Å². The van der Waals surface area contributed by atoms with E-state index in [2.05, 4.69) is 34.6 Å². The molecule has 1 aliphatic heterocycles. The van der Waals surface area contributed by atoms with Crippen LogP contribution in [-0.4, -0.2) is 29.1 Å². The van der Waals surface area contributed by atoms with Gasteiger partial charge in [-0.2, -0.15) is 0 Å². The Balaban J connectivity index is 1.75. The van der Waals surface area contributed by atoms with Crippen LogP contribution >= 0.6 is 0 Å². The average Bonchev–Trinajstić information content (AvgIpc) is 3.14. The van der Waals surface area contributed by atoms with Crippen molar-refractivity contribution in [1.82, 2.24) is 10.3 Å². The predicted molar refractivity (Wildman–Crippen MR) is 118 cm³/mol. The van der Waals surface area contributed by atoms with Crippen molar-refractivity contribution in [2.45, 2.75) is 52.3 Å². The number of amides is 2. The number of alkyl carbamates (subject to hydrolysis) is 1. The van der Waals surface area contributed by atoms with Gasteiger partial charge in [-0.25, -0.2) is 4.79 Å². The van der Waals surface area contributed by atoms with Crippen molar-refractivity contribution in [2.75, 3.05) is 4.90 Å². The van der Waals surface area contributed by atoms with E-state index in [4.69, 9.17) is 4.74 Å². The molecule has 2 atom stereocenters. The average molecular weight is 405 g/mol. The van der Waals surface area contributed by atoms with Gasteiger partial charge in [-0.3, -0.25) is 4.79 Å². The normalized spacial score (nSPS) is 18.4. The van der Waals surface area contributed by atoms with Crippen molar-refractivity contribution in [1.29, 1.82) is 0 Å². The summed E-state index contributed by atoms with van der Waals surface area (Å²) in [6.45, 7) is 7.22. The number of H-pyrrole nitrogens is 1. The van der Waals surface area contributed by atoms with Crippen LogP contribution in [0.2, 0.25) is 0 Å². The molecule has 2 amide bonds. The summed E-state index contributed by atoms with van der Waals surface area (Å²) in [7, 11) is 0. The number of ether oxygens (including phenoxy) is 1. The molecule has 0 fully saturated rings. The van der Waals surface area contributed by atoms with E-state index in [0.29, 0.717) is 6.42 Å². The zero-order valence-corrected chi connectivity index (χ0v) is 17.7. The predicted octanol–water partition coefficient (Wildman–Crippen LogP) is 5.16. The maximum absolute atomic E-state index is 12.3. The zero-order valence-electron chi connectivity index (χ0n) is 17.7. The number of carbonyl (C=O) groups excluding carboxylic acids is 2. The number of aromatic nitrogens is 1. The lowest BCUT2D eigenvalue weighted by Gasteiger charge is -2.39. The molecule has 3 aromatic rings. The molecule has 0 spiro atoms. The molecule has 2 heterocycles. The van der Waals surface area contributed by atoms with Crippen molar-refractivity contribution in [3.63, 3.8) is 0 Å². The third-order valence-corrected chi connectivity index (χ3v) is 5.54. The lowest BCUT2D eigenvalue weighted by Crippen LogP contribution is -2.45. The fourth-order valence-electron chi connectivity index (χ4n) is 4.28. The van der Waals surface area contributed by atoms with Crippen molar-refractivity contribution >= 4 is 28.6 Å². The van der Waals surface area contributed by atoms with Crippen LogP contribution in [0, 0.1) is 0 Å². The van der Waals surface area contributed by atoms with Crippen molar-refractivity contribution < 1.29 is 14.3 Å². The topological polar surface area (TPSA) is 74.4 Å². The molecule has 156 valence electrons. The Hall–Kier alpha value is -3.28. The van der Waals surface area contributed by atoms with Gasteiger partial charge in [0.1, 0.15) is 0 Å². The maximum atomic E-state index is 12.3. The summed E-state index contributed by atoms with van der Waals surface area (Å²) in [5.74, 6) is -0.00693. The second-order valence-corrected chi connectivity index (χ2v) is 8.18. The van der Waals surface area contributed by atoms with Crippen LogP contribution in [0.3, 0.4) is 0 Å². The van der Waals surface area contributed by atoms with Gasteiger partial charge < -0.3 is 19.9 Å². The monoisotopic (exact) mass is 405 g/mol. The van der Waals surface area contributed by atoms with E-state index in [9.17, 15) is 9.59 Å². The number of benzene rings is 2. The number of nitrogens with zero attached hydrogens (tertiary/aromatic N) is 1. The highest BCUT2D eigenvalue weighted by Gasteiger charge is 2.33. The summed E-state index contributed by atoms with van der Waals surface area (Å²) in [6.07, 6.45) is 1.91.